The van der Waals surface area contributed by atoms with Crippen LogP contribution in [-0.4, -0.2) is 29.5 Å². The highest BCUT2D eigenvalue weighted by Gasteiger charge is 2.26. The summed E-state index contributed by atoms with van der Waals surface area (Å²) in [6, 6.07) is 4.86. The van der Waals surface area contributed by atoms with Gasteiger partial charge in [0.05, 0.1) is 11.7 Å². The van der Waals surface area contributed by atoms with Gasteiger partial charge in [-0.25, -0.2) is 4.68 Å². The van der Waals surface area contributed by atoms with Crippen molar-refractivity contribution in [3.05, 3.63) is 34.2 Å². The second-order valence-corrected chi connectivity index (χ2v) is 6.35. The molecule has 4 heterocycles. The van der Waals surface area contributed by atoms with Crippen molar-refractivity contribution < 1.29 is 4.74 Å². The van der Waals surface area contributed by atoms with Gasteiger partial charge >= 0.3 is 0 Å². The lowest BCUT2D eigenvalue weighted by Crippen LogP contribution is -2.24. The molecule has 4 rings (SSSR count). The van der Waals surface area contributed by atoms with Gasteiger partial charge in [-0.05, 0) is 41.7 Å². The Kier molecular flexibility index (Phi) is 3.24. The summed E-state index contributed by atoms with van der Waals surface area (Å²) in [7, 11) is 0. The molecule has 0 saturated carbocycles. The van der Waals surface area contributed by atoms with Crippen molar-refractivity contribution in [1.29, 1.82) is 0 Å². The topological polar surface area (TPSA) is 39.1 Å². The Labute approximate surface area is 122 Å². The van der Waals surface area contributed by atoms with Gasteiger partial charge < -0.3 is 10.1 Å². The zero-order valence-corrected chi connectivity index (χ0v) is 12.2. The first kappa shape index (κ1) is 12.4. The number of hydrogen-bond donors (Lipinski definition) is 1. The van der Waals surface area contributed by atoms with Crippen LogP contribution in [0, 0.1) is 0 Å². The summed E-state index contributed by atoms with van der Waals surface area (Å²) in [4.78, 5) is 0. The molecule has 2 aromatic heterocycles. The monoisotopic (exact) mass is 289 g/mol. The molecule has 2 aliphatic heterocycles. The van der Waals surface area contributed by atoms with Crippen LogP contribution in [0.3, 0.4) is 0 Å². The number of anilines is 1. The molecule has 2 aliphatic rings. The van der Waals surface area contributed by atoms with Crippen molar-refractivity contribution in [2.45, 2.75) is 31.2 Å². The van der Waals surface area contributed by atoms with Crippen LogP contribution in [0.2, 0.25) is 0 Å². The Hall–Kier alpha value is -1.33. The third kappa shape index (κ3) is 2.15. The normalized spacial score (nSPS) is 23.3. The molecule has 1 atom stereocenters. The number of rotatable bonds is 2. The summed E-state index contributed by atoms with van der Waals surface area (Å²) >= 11 is 1.76. The maximum Gasteiger partial charge on any atom is 0.125 e. The molecule has 1 N–H and O–H groups in total. The minimum Gasteiger partial charge on any atom is -0.381 e. The van der Waals surface area contributed by atoms with E-state index < -0.39 is 0 Å². The maximum absolute atomic E-state index is 5.45. The fraction of sp³-hybridized carbons (Fsp3) is 0.533. The highest BCUT2D eigenvalue weighted by Crippen LogP contribution is 2.34. The minimum absolute atomic E-state index is 0.395. The summed E-state index contributed by atoms with van der Waals surface area (Å²) in [5.74, 6) is 1.74. The predicted molar refractivity (Wildman–Crippen MR) is 80.6 cm³/mol. The van der Waals surface area contributed by atoms with Crippen LogP contribution in [0.25, 0.3) is 0 Å². The third-order valence-electron chi connectivity index (χ3n) is 4.34. The SMILES string of the molecule is c1cc(C2CCNc3cc(C4CCOCC4)nn32)cs1. The summed E-state index contributed by atoms with van der Waals surface area (Å²) in [6.07, 6.45) is 3.30. The summed E-state index contributed by atoms with van der Waals surface area (Å²) in [5, 5.41) is 12.8. The summed E-state index contributed by atoms with van der Waals surface area (Å²) in [5.41, 5.74) is 2.62. The quantitative estimate of drug-likeness (QED) is 0.922. The Morgan fingerprint density at radius 2 is 2.20 bits per heavy atom. The highest BCUT2D eigenvalue weighted by molar-refractivity contribution is 7.07. The number of fused-ring (bicyclic) bond motifs is 1. The summed E-state index contributed by atoms with van der Waals surface area (Å²) in [6.45, 7) is 2.77. The van der Waals surface area contributed by atoms with Gasteiger partial charge in [0.1, 0.15) is 5.82 Å². The molecule has 0 aliphatic carbocycles. The Morgan fingerprint density at radius 1 is 1.30 bits per heavy atom. The van der Waals surface area contributed by atoms with Gasteiger partial charge in [0.15, 0.2) is 0 Å². The molecule has 20 heavy (non-hydrogen) atoms. The fourth-order valence-corrected chi connectivity index (χ4v) is 3.91. The predicted octanol–water partition coefficient (Wildman–Crippen LogP) is 3.24. The zero-order valence-electron chi connectivity index (χ0n) is 11.4. The molecular formula is C15H19N3OS. The van der Waals surface area contributed by atoms with Crippen molar-refractivity contribution in [2.75, 3.05) is 25.1 Å². The molecular weight excluding hydrogens is 270 g/mol. The van der Waals surface area contributed by atoms with E-state index >= 15 is 0 Å². The van der Waals surface area contributed by atoms with Crippen LogP contribution < -0.4 is 5.32 Å². The van der Waals surface area contributed by atoms with Gasteiger partial charge in [-0.15, -0.1) is 0 Å². The second-order valence-electron chi connectivity index (χ2n) is 5.57. The Balaban J connectivity index is 1.66. The summed E-state index contributed by atoms with van der Waals surface area (Å²) < 4.78 is 7.65. The maximum atomic E-state index is 5.45. The minimum atomic E-state index is 0.395. The van der Waals surface area contributed by atoms with Gasteiger partial charge in [-0.1, -0.05) is 0 Å². The molecule has 1 saturated heterocycles. The van der Waals surface area contributed by atoms with Crippen molar-refractivity contribution in [3.63, 3.8) is 0 Å². The zero-order chi connectivity index (χ0) is 13.4. The Morgan fingerprint density at radius 3 is 3.00 bits per heavy atom. The molecule has 1 fully saturated rings. The molecule has 5 heteroatoms. The van der Waals surface area contributed by atoms with Crippen LogP contribution in [0.5, 0.6) is 0 Å². The lowest BCUT2D eigenvalue weighted by Gasteiger charge is -2.25. The highest BCUT2D eigenvalue weighted by atomic mass is 32.1. The lowest BCUT2D eigenvalue weighted by atomic mass is 9.97. The van der Waals surface area contributed by atoms with Gasteiger partial charge in [0, 0.05) is 31.7 Å². The van der Waals surface area contributed by atoms with Crippen molar-refractivity contribution in [2.24, 2.45) is 0 Å². The van der Waals surface area contributed by atoms with Crippen LogP contribution in [0.15, 0.2) is 22.9 Å². The van der Waals surface area contributed by atoms with E-state index in [2.05, 4.69) is 32.9 Å². The van der Waals surface area contributed by atoms with Crippen LogP contribution in [0.4, 0.5) is 5.82 Å². The third-order valence-corrected chi connectivity index (χ3v) is 5.04. The van der Waals surface area contributed by atoms with E-state index in [0.29, 0.717) is 12.0 Å². The van der Waals surface area contributed by atoms with Gasteiger partial charge in [0.25, 0.3) is 0 Å². The number of thiophene rings is 1. The van der Waals surface area contributed by atoms with E-state index in [1.165, 1.54) is 17.1 Å². The fourth-order valence-electron chi connectivity index (χ4n) is 3.21. The van der Waals surface area contributed by atoms with E-state index in [9.17, 15) is 0 Å². The number of aromatic nitrogens is 2. The van der Waals surface area contributed by atoms with E-state index in [4.69, 9.17) is 9.84 Å². The first-order valence-electron chi connectivity index (χ1n) is 7.35. The number of hydrogen-bond acceptors (Lipinski definition) is 4. The van der Waals surface area contributed by atoms with Crippen molar-refractivity contribution >= 4 is 17.2 Å². The molecule has 0 bridgehead atoms. The number of nitrogens with one attached hydrogen (secondary N) is 1. The molecule has 0 aromatic carbocycles. The van der Waals surface area contributed by atoms with Crippen LogP contribution in [0.1, 0.15) is 42.5 Å². The number of nitrogens with zero attached hydrogens (tertiary/aromatic N) is 2. The number of ether oxygens (including phenoxy) is 1. The largest absolute Gasteiger partial charge is 0.381 e. The first-order valence-corrected chi connectivity index (χ1v) is 8.29. The molecule has 106 valence electrons. The molecule has 0 radical (unpaired) electrons. The molecule has 0 amide bonds. The van der Waals surface area contributed by atoms with E-state index in [1.807, 2.05) is 0 Å². The van der Waals surface area contributed by atoms with E-state index in [0.717, 1.165) is 39.0 Å². The van der Waals surface area contributed by atoms with Gasteiger partial charge in [-0.2, -0.15) is 16.4 Å². The first-order chi connectivity index (χ1) is 9.92. The smallest absolute Gasteiger partial charge is 0.125 e. The molecule has 1 unspecified atom stereocenters. The molecule has 4 nitrogen and oxygen atoms in total. The molecule has 0 spiro atoms. The average molecular weight is 289 g/mol. The average Bonchev–Trinajstić information content (AvgIpc) is 3.17. The van der Waals surface area contributed by atoms with E-state index in [-0.39, 0.29) is 0 Å². The standard InChI is InChI=1S/C15H19N3OS/c1-5-16-15-9-13(11-2-6-19-7-3-11)17-18(15)14(1)12-4-8-20-10-12/h4,8-11,14,16H,1-3,5-7H2. The van der Waals surface area contributed by atoms with Crippen LogP contribution in [-0.2, 0) is 4.74 Å². The second kappa shape index (κ2) is 5.22. The van der Waals surface area contributed by atoms with Crippen molar-refractivity contribution in [1.82, 2.24) is 9.78 Å². The Bertz CT molecular complexity index is 572. The van der Waals surface area contributed by atoms with Gasteiger partial charge in [-0.3, -0.25) is 0 Å². The van der Waals surface area contributed by atoms with Crippen LogP contribution >= 0.6 is 11.3 Å². The van der Waals surface area contributed by atoms with Crippen molar-refractivity contribution in [3.8, 4) is 0 Å². The lowest BCUT2D eigenvalue weighted by molar-refractivity contribution is 0.0843. The van der Waals surface area contributed by atoms with E-state index in [1.54, 1.807) is 11.3 Å². The van der Waals surface area contributed by atoms with Gasteiger partial charge in [0.2, 0.25) is 0 Å². The molecule has 2 aromatic rings.